The summed E-state index contributed by atoms with van der Waals surface area (Å²) >= 11 is 0. The predicted octanol–water partition coefficient (Wildman–Crippen LogP) is 4.20. The Hall–Kier alpha value is -0.830. The zero-order chi connectivity index (χ0) is 15.2. The van der Waals surface area contributed by atoms with Gasteiger partial charge in [-0.1, -0.05) is 34.6 Å². The highest BCUT2D eigenvalue weighted by Crippen LogP contribution is 2.23. The van der Waals surface area contributed by atoms with Crippen molar-refractivity contribution in [2.75, 3.05) is 6.54 Å². The van der Waals surface area contributed by atoms with Crippen LogP contribution in [0, 0.1) is 5.41 Å². The van der Waals surface area contributed by atoms with Crippen LogP contribution in [-0.4, -0.2) is 22.4 Å². The number of rotatable bonds is 8. The van der Waals surface area contributed by atoms with Crippen molar-refractivity contribution in [1.82, 2.24) is 15.1 Å². The van der Waals surface area contributed by atoms with Crippen molar-refractivity contribution >= 4 is 0 Å². The molecule has 0 bridgehead atoms. The molecule has 0 aromatic carbocycles. The molecule has 3 nitrogen and oxygen atoms in total. The molecule has 0 saturated carbocycles. The van der Waals surface area contributed by atoms with Crippen LogP contribution < -0.4 is 5.32 Å². The minimum Gasteiger partial charge on any atom is -0.314 e. The number of hydrogen-bond acceptors (Lipinski definition) is 2. The van der Waals surface area contributed by atoms with Gasteiger partial charge in [-0.3, -0.25) is 4.68 Å². The Kier molecular flexibility index (Phi) is 6.74. The summed E-state index contributed by atoms with van der Waals surface area (Å²) < 4.78 is 2.10. The van der Waals surface area contributed by atoms with Crippen LogP contribution in [0.1, 0.15) is 72.5 Å². The van der Waals surface area contributed by atoms with E-state index in [0.29, 0.717) is 17.5 Å². The van der Waals surface area contributed by atoms with E-state index in [2.05, 4.69) is 68.9 Å². The predicted molar refractivity (Wildman–Crippen MR) is 87.1 cm³/mol. The Balaban J connectivity index is 2.44. The largest absolute Gasteiger partial charge is 0.314 e. The highest BCUT2D eigenvalue weighted by molar-refractivity contribution is 5.00. The van der Waals surface area contributed by atoms with Gasteiger partial charge in [0.25, 0.3) is 0 Å². The Labute approximate surface area is 125 Å². The average Bonchev–Trinajstić information content (AvgIpc) is 2.84. The van der Waals surface area contributed by atoms with Gasteiger partial charge in [-0.15, -0.1) is 0 Å². The molecule has 2 atom stereocenters. The van der Waals surface area contributed by atoms with E-state index >= 15 is 0 Å². The molecule has 1 heterocycles. The van der Waals surface area contributed by atoms with E-state index in [1.54, 1.807) is 0 Å². The highest BCUT2D eigenvalue weighted by Gasteiger charge is 2.23. The Morgan fingerprint density at radius 3 is 2.55 bits per heavy atom. The fourth-order valence-electron chi connectivity index (χ4n) is 2.52. The highest BCUT2D eigenvalue weighted by atomic mass is 15.3. The molecule has 3 heteroatoms. The van der Waals surface area contributed by atoms with E-state index in [1.165, 1.54) is 18.5 Å². The second-order valence-corrected chi connectivity index (χ2v) is 6.91. The van der Waals surface area contributed by atoms with Crippen LogP contribution in [0.4, 0.5) is 0 Å². The molecule has 0 aliphatic carbocycles. The molecule has 1 aromatic rings. The van der Waals surface area contributed by atoms with Gasteiger partial charge in [0.2, 0.25) is 0 Å². The van der Waals surface area contributed by atoms with Crippen LogP contribution in [-0.2, 0) is 6.42 Å². The molecule has 0 radical (unpaired) electrons. The summed E-state index contributed by atoms with van der Waals surface area (Å²) in [5.74, 6) is 0. The fourth-order valence-corrected chi connectivity index (χ4v) is 2.52. The van der Waals surface area contributed by atoms with E-state index in [9.17, 15) is 0 Å². The van der Waals surface area contributed by atoms with Crippen LogP contribution in [0.3, 0.4) is 0 Å². The van der Waals surface area contributed by atoms with Gasteiger partial charge in [-0.25, -0.2) is 0 Å². The third kappa shape index (κ3) is 5.28. The number of aromatic nitrogens is 2. The normalized spacial score (nSPS) is 15.3. The molecule has 0 amide bonds. The Morgan fingerprint density at radius 2 is 2.00 bits per heavy atom. The van der Waals surface area contributed by atoms with E-state index in [1.807, 2.05) is 0 Å². The first-order valence-electron chi connectivity index (χ1n) is 8.15. The molecule has 20 heavy (non-hydrogen) atoms. The van der Waals surface area contributed by atoms with Crippen molar-refractivity contribution in [3.05, 3.63) is 18.0 Å². The van der Waals surface area contributed by atoms with Gasteiger partial charge in [-0.05, 0) is 50.6 Å². The minimum atomic E-state index is 0.325. The summed E-state index contributed by atoms with van der Waals surface area (Å²) in [6.45, 7) is 14.6. The van der Waals surface area contributed by atoms with E-state index in [4.69, 9.17) is 0 Å². The standard InChI is InChI=1S/C17H33N3/c1-7-14(3)20-13-12-15(19-20)10-9-11-16(18-8-2)17(4,5)6/h12-14,16,18H,7-11H2,1-6H3. The Morgan fingerprint density at radius 1 is 1.30 bits per heavy atom. The molecule has 0 spiro atoms. The molecular formula is C17H33N3. The van der Waals surface area contributed by atoms with Crippen molar-refractivity contribution in [2.24, 2.45) is 5.41 Å². The van der Waals surface area contributed by atoms with Crippen molar-refractivity contribution in [1.29, 1.82) is 0 Å². The molecule has 116 valence electrons. The molecule has 1 aromatic heterocycles. The topological polar surface area (TPSA) is 29.9 Å². The first-order valence-corrected chi connectivity index (χ1v) is 8.15. The lowest BCUT2D eigenvalue weighted by Gasteiger charge is -2.31. The van der Waals surface area contributed by atoms with Crippen LogP contribution >= 0.6 is 0 Å². The number of aryl methyl sites for hydroxylation is 1. The maximum atomic E-state index is 4.68. The molecule has 1 N–H and O–H groups in total. The van der Waals surface area contributed by atoms with Crippen molar-refractivity contribution in [3.63, 3.8) is 0 Å². The number of nitrogens with one attached hydrogen (secondary N) is 1. The molecule has 1 rings (SSSR count). The second kappa shape index (κ2) is 7.82. The third-order valence-corrected chi connectivity index (χ3v) is 4.13. The SMILES string of the molecule is CCNC(CCCc1ccn(C(C)CC)n1)C(C)(C)C. The molecule has 0 aliphatic rings. The first kappa shape index (κ1) is 17.2. The monoisotopic (exact) mass is 279 g/mol. The summed E-state index contributed by atoms with van der Waals surface area (Å²) in [4.78, 5) is 0. The fraction of sp³-hybridized carbons (Fsp3) is 0.824. The quantitative estimate of drug-likeness (QED) is 0.773. The van der Waals surface area contributed by atoms with Gasteiger partial charge in [-0.2, -0.15) is 5.10 Å². The Bertz CT molecular complexity index is 376. The van der Waals surface area contributed by atoms with Crippen LogP contribution in [0.2, 0.25) is 0 Å². The third-order valence-electron chi connectivity index (χ3n) is 4.13. The van der Waals surface area contributed by atoms with E-state index in [0.717, 1.165) is 19.4 Å². The van der Waals surface area contributed by atoms with Crippen molar-refractivity contribution < 1.29 is 0 Å². The molecular weight excluding hydrogens is 246 g/mol. The lowest BCUT2D eigenvalue weighted by Crippen LogP contribution is -2.40. The molecule has 0 aliphatic heterocycles. The van der Waals surface area contributed by atoms with E-state index < -0.39 is 0 Å². The van der Waals surface area contributed by atoms with Gasteiger partial charge in [0.05, 0.1) is 5.69 Å². The van der Waals surface area contributed by atoms with Gasteiger partial charge in [0.15, 0.2) is 0 Å². The maximum Gasteiger partial charge on any atom is 0.0624 e. The number of hydrogen-bond donors (Lipinski definition) is 1. The molecule has 0 saturated heterocycles. The summed E-state index contributed by atoms with van der Waals surface area (Å²) in [6, 6.07) is 3.27. The smallest absolute Gasteiger partial charge is 0.0624 e. The van der Waals surface area contributed by atoms with E-state index in [-0.39, 0.29) is 0 Å². The zero-order valence-corrected chi connectivity index (χ0v) is 14.2. The maximum absolute atomic E-state index is 4.68. The van der Waals surface area contributed by atoms with Gasteiger partial charge in [0.1, 0.15) is 0 Å². The second-order valence-electron chi connectivity index (χ2n) is 6.91. The molecule has 0 fully saturated rings. The lowest BCUT2D eigenvalue weighted by atomic mass is 9.83. The average molecular weight is 279 g/mol. The van der Waals surface area contributed by atoms with Gasteiger partial charge in [0, 0.05) is 18.3 Å². The van der Waals surface area contributed by atoms with Crippen LogP contribution in [0.25, 0.3) is 0 Å². The minimum absolute atomic E-state index is 0.325. The van der Waals surface area contributed by atoms with Gasteiger partial charge < -0.3 is 5.32 Å². The van der Waals surface area contributed by atoms with Crippen LogP contribution in [0.5, 0.6) is 0 Å². The molecule has 2 unspecified atom stereocenters. The van der Waals surface area contributed by atoms with Crippen LogP contribution in [0.15, 0.2) is 12.3 Å². The van der Waals surface area contributed by atoms with Gasteiger partial charge >= 0.3 is 0 Å². The summed E-state index contributed by atoms with van der Waals surface area (Å²) in [6.07, 6.45) is 6.75. The van der Waals surface area contributed by atoms with Crippen molar-refractivity contribution in [3.8, 4) is 0 Å². The lowest BCUT2D eigenvalue weighted by molar-refractivity contribution is 0.254. The first-order chi connectivity index (χ1) is 9.38. The zero-order valence-electron chi connectivity index (χ0n) is 14.2. The summed E-state index contributed by atoms with van der Waals surface area (Å²) in [5.41, 5.74) is 1.56. The summed E-state index contributed by atoms with van der Waals surface area (Å²) in [5, 5.41) is 8.30. The summed E-state index contributed by atoms with van der Waals surface area (Å²) in [7, 11) is 0. The number of nitrogens with zero attached hydrogens (tertiary/aromatic N) is 2. The van der Waals surface area contributed by atoms with Crippen molar-refractivity contribution in [2.45, 2.75) is 79.3 Å².